The van der Waals surface area contributed by atoms with E-state index in [-0.39, 0.29) is 0 Å². The SMILES string of the molecule is C=CCSc1ncnc2c1nnn2C. The van der Waals surface area contributed by atoms with Gasteiger partial charge in [0.25, 0.3) is 0 Å². The largest absolute Gasteiger partial charge is 0.230 e. The molecule has 0 N–H and O–H groups in total. The van der Waals surface area contributed by atoms with Crippen LogP contribution in [0, 0.1) is 0 Å². The van der Waals surface area contributed by atoms with E-state index in [9.17, 15) is 0 Å². The zero-order chi connectivity index (χ0) is 9.97. The lowest BCUT2D eigenvalue weighted by molar-refractivity contribution is 0.729. The highest BCUT2D eigenvalue weighted by Gasteiger charge is 2.08. The second kappa shape index (κ2) is 3.75. The maximum atomic E-state index is 4.15. The van der Waals surface area contributed by atoms with Gasteiger partial charge in [0, 0.05) is 12.8 Å². The summed E-state index contributed by atoms with van der Waals surface area (Å²) >= 11 is 1.58. The third-order valence-corrected chi connectivity index (χ3v) is 2.67. The van der Waals surface area contributed by atoms with Crippen LogP contribution in [-0.4, -0.2) is 30.7 Å². The molecule has 0 amide bonds. The fraction of sp³-hybridized carbons (Fsp3) is 0.250. The minimum Gasteiger partial charge on any atom is -0.230 e. The molecule has 0 saturated heterocycles. The molecule has 2 aromatic rings. The van der Waals surface area contributed by atoms with Gasteiger partial charge in [-0.25, -0.2) is 14.6 Å². The van der Waals surface area contributed by atoms with Crippen LogP contribution < -0.4 is 0 Å². The standard InChI is InChI=1S/C8H9N5S/c1-3-4-14-8-6-7(9-5-10-8)13(2)12-11-6/h3,5H,1,4H2,2H3. The number of thioether (sulfide) groups is 1. The van der Waals surface area contributed by atoms with Crippen molar-refractivity contribution >= 4 is 22.9 Å². The van der Waals surface area contributed by atoms with Gasteiger partial charge in [-0.15, -0.1) is 11.7 Å². The van der Waals surface area contributed by atoms with Crippen molar-refractivity contribution in [3.63, 3.8) is 0 Å². The lowest BCUT2D eigenvalue weighted by Gasteiger charge is -1.96. The van der Waals surface area contributed by atoms with Gasteiger partial charge in [-0.1, -0.05) is 23.1 Å². The Kier molecular flexibility index (Phi) is 2.45. The predicted octanol–water partition coefficient (Wildman–Crippen LogP) is 1.04. The summed E-state index contributed by atoms with van der Waals surface area (Å²) in [5.41, 5.74) is 1.51. The van der Waals surface area contributed by atoms with E-state index in [1.165, 1.54) is 6.33 Å². The van der Waals surface area contributed by atoms with Gasteiger partial charge in [0.2, 0.25) is 0 Å². The molecule has 0 unspecified atom stereocenters. The quantitative estimate of drug-likeness (QED) is 0.427. The number of hydrogen-bond donors (Lipinski definition) is 0. The molecular weight excluding hydrogens is 198 g/mol. The molecule has 72 valence electrons. The van der Waals surface area contributed by atoms with Crippen LogP contribution in [0.1, 0.15) is 0 Å². The Morgan fingerprint density at radius 1 is 1.57 bits per heavy atom. The van der Waals surface area contributed by atoms with E-state index in [1.54, 1.807) is 16.4 Å². The van der Waals surface area contributed by atoms with Crippen molar-refractivity contribution < 1.29 is 0 Å². The molecule has 0 radical (unpaired) electrons. The summed E-state index contributed by atoms with van der Waals surface area (Å²) in [5.74, 6) is 0.808. The molecule has 6 heteroatoms. The van der Waals surface area contributed by atoms with Crippen LogP contribution in [0.5, 0.6) is 0 Å². The summed E-state index contributed by atoms with van der Waals surface area (Å²) in [6, 6.07) is 0. The van der Waals surface area contributed by atoms with E-state index in [4.69, 9.17) is 0 Å². The number of rotatable bonds is 3. The van der Waals surface area contributed by atoms with E-state index in [2.05, 4.69) is 26.9 Å². The second-order valence-electron chi connectivity index (χ2n) is 2.66. The van der Waals surface area contributed by atoms with Crippen molar-refractivity contribution in [2.75, 3.05) is 5.75 Å². The van der Waals surface area contributed by atoms with Crippen LogP contribution in [0.15, 0.2) is 24.0 Å². The van der Waals surface area contributed by atoms with Crippen LogP contribution in [0.3, 0.4) is 0 Å². The molecule has 0 spiro atoms. The number of fused-ring (bicyclic) bond motifs is 1. The van der Waals surface area contributed by atoms with Crippen molar-refractivity contribution in [2.24, 2.45) is 7.05 Å². The Morgan fingerprint density at radius 2 is 2.43 bits per heavy atom. The Balaban J connectivity index is 2.48. The molecule has 2 rings (SSSR count). The van der Waals surface area contributed by atoms with Crippen molar-refractivity contribution in [1.82, 2.24) is 25.0 Å². The highest BCUT2D eigenvalue weighted by Crippen LogP contribution is 2.21. The fourth-order valence-corrected chi connectivity index (χ4v) is 1.74. The third kappa shape index (κ3) is 1.48. The van der Waals surface area contributed by atoms with Crippen molar-refractivity contribution in [3.05, 3.63) is 19.0 Å². The highest BCUT2D eigenvalue weighted by molar-refractivity contribution is 7.99. The summed E-state index contributed by atoms with van der Waals surface area (Å²) < 4.78 is 1.63. The molecule has 0 bridgehead atoms. The molecule has 2 heterocycles. The minimum atomic E-state index is 0.752. The number of aryl methyl sites for hydroxylation is 1. The van der Waals surface area contributed by atoms with E-state index in [0.717, 1.165) is 21.9 Å². The molecule has 0 fully saturated rings. The van der Waals surface area contributed by atoms with E-state index < -0.39 is 0 Å². The van der Waals surface area contributed by atoms with Gasteiger partial charge in [-0.3, -0.25) is 0 Å². The van der Waals surface area contributed by atoms with Gasteiger partial charge < -0.3 is 0 Å². The molecule has 0 saturated carbocycles. The summed E-state index contributed by atoms with van der Waals surface area (Å²) in [4.78, 5) is 8.24. The molecule has 0 aliphatic rings. The third-order valence-electron chi connectivity index (χ3n) is 1.69. The first-order valence-electron chi connectivity index (χ1n) is 4.07. The Morgan fingerprint density at radius 3 is 3.21 bits per heavy atom. The van der Waals surface area contributed by atoms with E-state index in [0.29, 0.717) is 0 Å². The molecule has 0 aliphatic heterocycles. The van der Waals surface area contributed by atoms with Crippen LogP contribution in [0.2, 0.25) is 0 Å². The van der Waals surface area contributed by atoms with Gasteiger partial charge in [-0.2, -0.15) is 0 Å². The average Bonchev–Trinajstić information content (AvgIpc) is 2.58. The topological polar surface area (TPSA) is 56.5 Å². The lowest BCUT2D eigenvalue weighted by atomic mass is 10.5. The number of hydrogen-bond acceptors (Lipinski definition) is 5. The van der Waals surface area contributed by atoms with Gasteiger partial charge in [-0.05, 0) is 0 Å². The molecular formula is C8H9N5S. The minimum absolute atomic E-state index is 0.752. The fourth-order valence-electron chi connectivity index (χ4n) is 1.08. The lowest BCUT2D eigenvalue weighted by Crippen LogP contribution is -1.92. The van der Waals surface area contributed by atoms with Crippen LogP contribution in [0.25, 0.3) is 11.2 Å². The first-order valence-corrected chi connectivity index (χ1v) is 5.05. The van der Waals surface area contributed by atoms with E-state index >= 15 is 0 Å². The van der Waals surface area contributed by atoms with Crippen LogP contribution in [0.4, 0.5) is 0 Å². The second-order valence-corrected chi connectivity index (χ2v) is 3.67. The molecule has 5 nitrogen and oxygen atoms in total. The maximum Gasteiger partial charge on any atom is 0.182 e. The van der Waals surface area contributed by atoms with Crippen LogP contribution in [-0.2, 0) is 7.05 Å². The smallest absolute Gasteiger partial charge is 0.182 e. The number of aromatic nitrogens is 5. The van der Waals surface area contributed by atoms with Gasteiger partial charge in [0.1, 0.15) is 11.4 Å². The zero-order valence-corrected chi connectivity index (χ0v) is 8.53. The summed E-state index contributed by atoms with van der Waals surface area (Å²) in [5, 5.41) is 8.74. The summed E-state index contributed by atoms with van der Waals surface area (Å²) in [6.45, 7) is 3.66. The zero-order valence-electron chi connectivity index (χ0n) is 7.71. The van der Waals surface area contributed by atoms with Crippen molar-refractivity contribution in [1.29, 1.82) is 0 Å². The average molecular weight is 207 g/mol. The van der Waals surface area contributed by atoms with Crippen molar-refractivity contribution in [3.8, 4) is 0 Å². The van der Waals surface area contributed by atoms with Crippen molar-refractivity contribution in [2.45, 2.75) is 5.03 Å². The van der Waals surface area contributed by atoms with Gasteiger partial charge >= 0.3 is 0 Å². The first-order chi connectivity index (χ1) is 6.83. The van der Waals surface area contributed by atoms with Crippen LogP contribution >= 0.6 is 11.8 Å². The van der Waals surface area contributed by atoms with E-state index in [1.807, 2.05) is 13.1 Å². The molecule has 14 heavy (non-hydrogen) atoms. The number of nitrogens with zero attached hydrogens (tertiary/aromatic N) is 5. The summed E-state index contributed by atoms with van der Waals surface area (Å²) in [6.07, 6.45) is 3.35. The maximum absolute atomic E-state index is 4.15. The Hall–Kier alpha value is -1.43. The first kappa shape index (κ1) is 9.14. The summed E-state index contributed by atoms with van der Waals surface area (Å²) in [7, 11) is 1.81. The molecule has 0 aromatic carbocycles. The van der Waals surface area contributed by atoms with Gasteiger partial charge in [0.05, 0.1) is 0 Å². The van der Waals surface area contributed by atoms with Gasteiger partial charge in [0.15, 0.2) is 11.2 Å². The Labute approximate surface area is 85.2 Å². The normalized spacial score (nSPS) is 10.6. The molecule has 2 aromatic heterocycles. The monoisotopic (exact) mass is 207 g/mol. The predicted molar refractivity (Wildman–Crippen MR) is 55.0 cm³/mol. The molecule has 0 aliphatic carbocycles. The Bertz CT molecular complexity index is 464. The molecule has 0 atom stereocenters. The highest BCUT2D eigenvalue weighted by atomic mass is 32.2.